The van der Waals surface area contributed by atoms with Crippen LogP contribution in [0.4, 0.5) is 5.69 Å². The van der Waals surface area contributed by atoms with Crippen molar-refractivity contribution in [2.75, 3.05) is 24.5 Å². The van der Waals surface area contributed by atoms with Gasteiger partial charge < -0.3 is 15.7 Å². The predicted molar refractivity (Wildman–Crippen MR) is 67.6 cm³/mol. The monoisotopic (exact) mass is 234 g/mol. The fourth-order valence-corrected chi connectivity index (χ4v) is 2.42. The average Bonchev–Trinajstić information content (AvgIpc) is 2.35. The maximum Gasteiger partial charge on any atom is 0.336 e. The van der Waals surface area contributed by atoms with Crippen LogP contribution in [0.25, 0.3) is 0 Å². The van der Waals surface area contributed by atoms with Crippen LogP contribution in [0.3, 0.4) is 0 Å². The Morgan fingerprint density at radius 2 is 2.29 bits per heavy atom. The van der Waals surface area contributed by atoms with Crippen molar-refractivity contribution in [3.05, 3.63) is 29.3 Å². The summed E-state index contributed by atoms with van der Waals surface area (Å²) in [5.74, 6) is -0.831. The van der Waals surface area contributed by atoms with Crippen LogP contribution in [0.2, 0.25) is 0 Å². The van der Waals surface area contributed by atoms with Gasteiger partial charge >= 0.3 is 5.97 Å². The van der Waals surface area contributed by atoms with Crippen molar-refractivity contribution in [3.63, 3.8) is 0 Å². The first kappa shape index (κ1) is 11.9. The van der Waals surface area contributed by atoms with Crippen molar-refractivity contribution in [2.24, 2.45) is 5.73 Å². The second-order valence-electron chi connectivity index (χ2n) is 4.34. The van der Waals surface area contributed by atoms with Crippen LogP contribution in [0, 0.1) is 0 Å². The van der Waals surface area contributed by atoms with Gasteiger partial charge in [0.25, 0.3) is 0 Å². The fraction of sp³-hybridized carbons (Fsp3) is 0.462. The summed E-state index contributed by atoms with van der Waals surface area (Å²) in [6.07, 6.45) is 2.82. The van der Waals surface area contributed by atoms with Gasteiger partial charge in [0.1, 0.15) is 0 Å². The van der Waals surface area contributed by atoms with Crippen molar-refractivity contribution >= 4 is 11.7 Å². The lowest BCUT2D eigenvalue weighted by atomic mass is 9.96. The van der Waals surface area contributed by atoms with Crippen LogP contribution in [0.5, 0.6) is 0 Å². The third kappa shape index (κ3) is 2.42. The van der Waals surface area contributed by atoms with Crippen LogP contribution >= 0.6 is 0 Å². The Balaban J connectivity index is 2.32. The van der Waals surface area contributed by atoms with E-state index in [0.29, 0.717) is 12.1 Å². The Bertz CT molecular complexity index is 418. The van der Waals surface area contributed by atoms with Gasteiger partial charge in [-0.2, -0.15) is 0 Å². The number of anilines is 1. The summed E-state index contributed by atoms with van der Waals surface area (Å²) < 4.78 is 0. The standard InChI is InChI=1S/C13H18N2O2/c14-7-3-9-15-8-2-5-10-11(13(16)17)4-1-6-12(10)15/h1,4,6H,2-3,5,7-9,14H2,(H,16,17). The molecular formula is C13H18N2O2. The number of nitrogens with two attached hydrogens (primary N) is 1. The number of nitrogens with zero attached hydrogens (tertiary/aromatic N) is 1. The van der Waals surface area contributed by atoms with Crippen molar-refractivity contribution in [1.82, 2.24) is 0 Å². The quantitative estimate of drug-likeness (QED) is 0.828. The smallest absolute Gasteiger partial charge is 0.336 e. The molecule has 2 rings (SSSR count). The lowest BCUT2D eigenvalue weighted by Gasteiger charge is -2.32. The fourth-order valence-electron chi connectivity index (χ4n) is 2.42. The van der Waals surface area contributed by atoms with Gasteiger partial charge in [0.2, 0.25) is 0 Å². The maximum atomic E-state index is 11.2. The number of fused-ring (bicyclic) bond motifs is 1. The average molecular weight is 234 g/mol. The molecule has 0 unspecified atom stereocenters. The number of carboxylic acid groups (broad SMARTS) is 1. The van der Waals surface area contributed by atoms with Gasteiger partial charge in [0.05, 0.1) is 5.56 Å². The van der Waals surface area contributed by atoms with Crippen molar-refractivity contribution in [1.29, 1.82) is 0 Å². The summed E-state index contributed by atoms with van der Waals surface area (Å²) in [5.41, 5.74) is 8.02. The molecule has 1 heterocycles. The molecule has 92 valence electrons. The van der Waals surface area contributed by atoms with E-state index in [9.17, 15) is 4.79 Å². The first-order valence-corrected chi connectivity index (χ1v) is 6.04. The molecular weight excluding hydrogens is 216 g/mol. The summed E-state index contributed by atoms with van der Waals surface area (Å²) in [5, 5.41) is 9.16. The molecule has 3 N–H and O–H groups in total. The summed E-state index contributed by atoms with van der Waals surface area (Å²) in [7, 11) is 0. The molecule has 0 saturated carbocycles. The van der Waals surface area contributed by atoms with Crippen LogP contribution in [0.1, 0.15) is 28.8 Å². The Hall–Kier alpha value is -1.55. The van der Waals surface area contributed by atoms with E-state index in [4.69, 9.17) is 10.8 Å². The first-order chi connectivity index (χ1) is 8.24. The van der Waals surface area contributed by atoms with Crippen LogP contribution in [0.15, 0.2) is 18.2 Å². The molecule has 1 aromatic carbocycles. The van der Waals surface area contributed by atoms with Crippen LogP contribution in [-0.2, 0) is 6.42 Å². The number of benzene rings is 1. The largest absolute Gasteiger partial charge is 0.478 e. The zero-order valence-corrected chi connectivity index (χ0v) is 9.85. The molecule has 1 aliphatic rings. The molecule has 0 amide bonds. The number of hydrogen-bond acceptors (Lipinski definition) is 3. The third-order valence-corrected chi connectivity index (χ3v) is 3.21. The molecule has 1 aliphatic heterocycles. The second kappa shape index (κ2) is 5.19. The summed E-state index contributed by atoms with van der Waals surface area (Å²) in [6.45, 7) is 2.58. The summed E-state index contributed by atoms with van der Waals surface area (Å²) in [6, 6.07) is 5.52. The van der Waals surface area contributed by atoms with Crippen LogP contribution < -0.4 is 10.6 Å². The van der Waals surface area contributed by atoms with E-state index in [1.807, 2.05) is 12.1 Å². The zero-order valence-electron chi connectivity index (χ0n) is 9.85. The molecule has 0 fully saturated rings. The van der Waals surface area contributed by atoms with Crippen molar-refractivity contribution < 1.29 is 9.90 Å². The zero-order chi connectivity index (χ0) is 12.3. The Morgan fingerprint density at radius 3 is 3.00 bits per heavy atom. The normalized spacial score (nSPS) is 14.5. The molecule has 0 aromatic heterocycles. The molecule has 17 heavy (non-hydrogen) atoms. The van der Waals surface area contributed by atoms with Gasteiger partial charge in [-0.25, -0.2) is 4.79 Å². The molecule has 4 heteroatoms. The molecule has 0 radical (unpaired) electrons. The minimum Gasteiger partial charge on any atom is -0.478 e. The van der Waals surface area contributed by atoms with E-state index < -0.39 is 5.97 Å². The number of hydrogen-bond donors (Lipinski definition) is 2. The summed E-state index contributed by atoms with van der Waals surface area (Å²) in [4.78, 5) is 13.4. The van der Waals surface area contributed by atoms with Crippen molar-refractivity contribution in [3.8, 4) is 0 Å². The van der Waals surface area contributed by atoms with Gasteiger partial charge in [0, 0.05) is 18.8 Å². The highest BCUT2D eigenvalue weighted by Crippen LogP contribution is 2.29. The number of carboxylic acids is 1. The topological polar surface area (TPSA) is 66.6 Å². The van der Waals surface area contributed by atoms with E-state index in [2.05, 4.69) is 4.90 Å². The SMILES string of the molecule is NCCCN1CCCc2c(C(=O)O)cccc21. The Labute approximate surface area is 101 Å². The van der Waals surface area contributed by atoms with Gasteiger partial charge in [-0.1, -0.05) is 6.07 Å². The third-order valence-electron chi connectivity index (χ3n) is 3.21. The van der Waals surface area contributed by atoms with Gasteiger partial charge in [0.15, 0.2) is 0 Å². The molecule has 0 atom stereocenters. The van der Waals surface area contributed by atoms with Gasteiger partial charge in [-0.3, -0.25) is 0 Å². The van der Waals surface area contributed by atoms with Crippen molar-refractivity contribution in [2.45, 2.75) is 19.3 Å². The van der Waals surface area contributed by atoms with Gasteiger partial charge in [-0.05, 0) is 43.5 Å². The highest BCUT2D eigenvalue weighted by Gasteiger charge is 2.21. The Kier molecular flexibility index (Phi) is 3.64. The van der Waals surface area contributed by atoms with E-state index in [1.54, 1.807) is 6.07 Å². The van der Waals surface area contributed by atoms with E-state index in [1.165, 1.54) is 0 Å². The molecule has 0 saturated heterocycles. The first-order valence-electron chi connectivity index (χ1n) is 6.04. The van der Waals surface area contributed by atoms with E-state index in [-0.39, 0.29) is 0 Å². The maximum absolute atomic E-state index is 11.2. The number of rotatable bonds is 4. The summed E-state index contributed by atoms with van der Waals surface area (Å²) >= 11 is 0. The molecule has 4 nitrogen and oxygen atoms in total. The minimum absolute atomic E-state index is 0.444. The van der Waals surface area contributed by atoms with Gasteiger partial charge in [-0.15, -0.1) is 0 Å². The Morgan fingerprint density at radius 1 is 1.47 bits per heavy atom. The molecule has 0 bridgehead atoms. The van der Waals surface area contributed by atoms with E-state index in [0.717, 1.165) is 43.6 Å². The van der Waals surface area contributed by atoms with E-state index >= 15 is 0 Å². The number of aromatic carboxylic acids is 1. The molecule has 0 spiro atoms. The lowest BCUT2D eigenvalue weighted by molar-refractivity contribution is 0.0695. The van der Waals surface area contributed by atoms with Crippen LogP contribution in [-0.4, -0.2) is 30.7 Å². The number of carbonyl (C=O) groups is 1. The second-order valence-corrected chi connectivity index (χ2v) is 4.34. The molecule has 1 aromatic rings. The highest BCUT2D eigenvalue weighted by atomic mass is 16.4. The predicted octanol–water partition coefficient (Wildman–Crippen LogP) is 1.49. The highest BCUT2D eigenvalue weighted by molar-refractivity contribution is 5.91. The minimum atomic E-state index is -0.831. The molecule has 0 aliphatic carbocycles. The lowest BCUT2D eigenvalue weighted by Crippen LogP contribution is -2.32.